The molecule has 0 bridgehead atoms. The van der Waals surface area contributed by atoms with Crippen molar-refractivity contribution < 1.29 is 24.0 Å². The first-order valence-electron chi connectivity index (χ1n) is 8.62. The number of rotatable bonds is 7. The lowest BCUT2D eigenvalue weighted by Gasteiger charge is -2.35. The molecule has 1 N–H and O–H groups in total. The van der Waals surface area contributed by atoms with Gasteiger partial charge in [0.2, 0.25) is 0 Å². The number of hydrogen-bond donors (Lipinski definition) is 1. The molecule has 9 nitrogen and oxygen atoms in total. The lowest BCUT2D eigenvalue weighted by molar-refractivity contribution is -0.384. The van der Waals surface area contributed by atoms with Gasteiger partial charge in [-0.1, -0.05) is 6.07 Å². The van der Waals surface area contributed by atoms with E-state index in [1.807, 2.05) is 0 Å². The highest BCUT2D eigenvalue weighted by molar-refractivity contribution is 5.93. The van der Waals surface area contributed by atoms with E-state index in [4.69, 9.17) is 9.15 Å². The predicted molar refractivity (Wildman–Crippen MR) is 95.6 cm³/mol. The smallest absolute Gasteiger partial charge is 0.273 e. The standard InChI is InChI=1S/C18H21N3O6/c22-16(13-27-17-3-1-2-15(10-17)21(24)25)11-19-5-7-20(8-6-19)18(23)14-4-9-26-12-14/h1-4,9-10,12,16,22H,5-8,11,13H2. The van der Waals surface area contributed by atoms with Gasteiger partial charge in [-0.3, -0.25) is 19.8 Å². The Balaban J connectivity index is 1.42. The van der Waals surface area contributed by atoms with Crippen molar-refractivity contribution in [2.45, 2.75) is 6.10 Å². The molecule has 9 heteroatoms. The third kappa shape index (κ3) is 5.05. The number of nitro groups is 1. The van der Waals surface area contributed by atoms with E-state index >= 15 is 0 Å². The Hall–Kier alpha value is -2.91. The number of furan rings is 1. The maximum absolute atomic E-state index is 12.3. The Morgan fingerprint density at radius 2 is 2.07 bits per heavy atom. The van der Waals surface area contributed by atoms with Gasteiger partial charge in [0.25, 0.3) is 11.6 Å². The van der Waals surface area contributed by atoms with Gasteiger partial charge in [0, 0.05) is 38.8 Å². The zero-order chi connectivity index (χ0) is 19.2. The second kappa shape index (κ2) is 8.65. The van der Waals surface area contributed by atoms with E-state index in [1.54, 1.807) is 17.0 Å². The summed E-state index contributed by atoms with van der Waals surface area (Å²) in [4.78, 5) is 26.3. The first kappa shape index (κ1) is 18.9. The average Bonchev–Trinajstić information content (AvgIpc) is 3.21. The van der Waals surface area contributed by atoms with Crippen LogP contribution in [0.2, 0.25) is 0 Å². The summed E-state index contributed by atoms with van der Waals surface area (Å²) in [5, 5.41) is 20.9. The number of nitro benzene ring substituents is 1. The van der Waals surface area contributed by atoms with Crippen molar-refractivity contribution in [3.8, 4) is 5.75 Å². The molecule has 0 aliphatic carbocycles. The molecule has 1 aliphatic rings. The van der Waals surface area contributed by atoms with Crippen molar-refractivity contribution in [1.29, 1.82) is 0 Å². The number of benzene rings is 1. The molecule has 0 saturated carbocycles. The number of β-amino-alcohol motifs (C(OH)–C–C–N with tert-alkyl or cyclic N) is 1. The zero-order valence-corrected chi connectivity index (χ0v) is 14.7. The molecule has 1 aromatic heterocycles. The molecule has 2 heterocycles. The molecule has 1 saturated heterocycles. The Kier molecular flexibility index (Phi) is 6.05. The van der Waals surface area contributed by atoms with Crippen LogP contribution < -0.4 is 4.74 Å². The van der Waals surface area contributed by atoms with E-state index in [0.29, 0.717) is 44.0 Å². The van der Waals surface area contributed by atoms with E-state index in [2.05, 4.69) is 4.90 Å². The Labute approximate surface area is 155 Å². The van der Waals surface area contributed by atoms with Crippen molar-refractivity contribution in [3.05, 3.63) is 58.5 Å². The summed E-state index contributed by atoms with van der Waals surface area (Å²) in [6.45, 7) is 2.89. The van der Waals surface area contributed by atoms with Crippen LogP contribution in [0.25, 0.3) is 0 Å². The van der Waals surface area contributed by atoms with Crippen molar-refractivity contribution in [3.63, 3.8) is 0 Å². The molecule has 1 aromatic carbocycles. The van der Waals surface area contributed by atoms with Gasteiger partial charge in [0.05, 0.1) is 22.8 Å². The summed E-state index contributed by atoms with van der Waals surface area (Å²) >= 11 is 0. The van der Waals surface area contributed by atoms with Crippen molar-refractivity contribution >= 4 is 11.6 Å². The van der Waals surface area contributed by atoms with Crippen LogP contribution in [-0.2, 0) is 0 Å². The van der Waals surface area contributed by atoms with Crippen LogP contribution in [0.4, 0.5) is 5.69 Å². The second-order valence-electron chi connectivity index (χ2n) is 6.32. The molecule has 0 radical (unpaired) electrons. The molecule has 144 valence electrons. The number of non-ortho nitro benzene ring substituents is 1. The molecule has 1 atom stereocenters. The maximum atomic E-state index is 12.3. The fourth-order valence-electron chi connectivity index (χ4n) is 2.93. The van der Waals surface area contributed by atoms with Gasteiger partial charge < -0.3 is 19.2 Å². The molecule has 0 spiro atoms. The van der Waals surface area contributed by atoms with Gasteiger partial charge in [-0.15, -0.1) is 0 Å². The molecule has 1 fully saturated rings. The summed E-state index contributed by atoms with van der Waals surface area (Å²) in [7, 11) is 0. The van der Waals surface area contributed by atoms with E-state index in [9.17, 15) is 20.0 Å². The van der Waals surface area contributed by atoms with Crippen molar-refractivity contribution in [1.82, 2.24) is 9.80 Å². The number of carbonyl (C=O) groups excluding carboxylic acids is 1. The SMILES string of the molecule is O=C(c1ccoc1)N1CCN(CC(O)COc2cccc([N+](=O)[O-])c2)CC1. The Morgan fingerprint density at radius 3 is 2.74 bits per heavy atom. The Bertz CT molecular complexity index is 771. The molecular formula is C18H21N3O6. The monoisotopic (exact) mass is 375 g/mol. The van der Waals surface area contributed by atoms with Crippen molar-refractivity contribution in [2.24, 2.45) is 0 Å². The van der Waals surface area contributed by atoms with E-state index in [0.717, 1.165) is 0 Å². The summed E-state index contributed by atoms with van der Waals surface area (Å²) < 4.78 is 10.4. The van der Waals surface area contributed by atoms with Crippen LogP contribution in [0.3, 0.4) is 0 Å². The molecule has 2 aromatic rings. The van der Waals surface area contributed by atoms with Gasteiger partial charge >= 0.3 is 0 Å². The topological polar surface area (TPSA) is 109 Å². The summed E-state index contributed by atoms with van der Waals surface area (Å²) in [5.74, 6) is 0.289. The van der Waals surface area contributed by atoms with E-state index in [1.165, 1.54) is 30.7 Å². The van der Waals surface area contributed by atoms with Crippen LogP contribution in [0.5, 0.6) is 5.75 Å². The third-order valence-electron chi connectivity index (χ3n) is 4.37. The largest absolute Gasteiger partial charge is 0.491 e. The van der Waals surface area contributed by atoms with Crippen LogP contribution in [-0.4, -0.2) is 71.2 Å². The number of carbonyl (C=O) groups is 1. The zero-order valence-electron chi connectivity index (χ0n) is 14.7. The van der Waals surface area contributed by atoms with Crippen LogP contribution >= 0.6 is 0 Å². The summed E-state index contributed by atoms with van der Waals surface area (Å²) in [5.41, 5.74) is 0.481. The molecular weight excluding hydrogens is 354 g/mol. The molecule has 1 aliphatic heterocycles. The number of ether oxygens (including phenoxy) is 1. The number of piperazine rings is 1. The second-order valence-corrected chi connectivity index (χ2v) is 6.32. The van der Waals surface area contributed by atoms with Crippen LogP contribution in [0.15, 0.2) is 47.3 Å². The fourth-order valence-corrected chi connectivity index (χ4v) is 2.93. The highest BCUT2D eigenvalue weighted by Gasteiger charge is 2.24. The van der Waals surface area contributed by atoms with E-state index in [-0.39, 0.29) is 18.2 Å². The summed E-state index contributed by atoms with van der Waals surface area (Å²) in [6, 6.07) is 7.50. The minimum absolute atomic E-state index is 0.0370. The van der Waals surface area contributed by atoms with Crippen molar-refractivity contribution in [2.75, 3.05) is 39.3 Å². The normalized spacial score (nSPS) is 16.1. The molecule has 3 rings (SSSR count). The lowest BCUT2D eigenvalue weighted by Crippen LogP contribution is -2.50. The predicted octanol–water partition coefficient (Wildman–Crippen LogP) is 1.39. The first-order chi connectivity index (χ1) is 13.0. The number of aliphatic hydroxyl groups excluding tert-OH is 1. The minimum atomic E-state index is -0.736. The van der Waals surface area contributed by atoms with Gasteiger partial charge in [0.1, 0.15) is 24.7 Å². The van der Waals surface area contributed by atoms with Crippen LogP contribution in [0.1, 0.15) is 10.4 Å². The molecule has 1 unspecified atom stereocenters. The van der Waals surface area contributed by atoms with Crippen LogP contribution in [0, 0.1) is 10.1 Å². The lowest BCUT2D eigenvalue weighted by atomic mass is 10.2. The maximum Gasteiger partial charge on any atom is 0.273 e. The number of nitrogens with zero attached hydrogens (tertiary/aromatic N) is 3. The van der Waals surface area contributed by atoms with Gasteiger partial charge in [0.15, 0.2) is 0 Å². The van der Waals surface area contributed by atoms with Gasteiger partial charge in [-0.2, -0.15) is 0 Å². The number of amides is 1. The quantitative estimate of drug-likeness (QED) is 0.575. The number of aliphatic hydroxyl groups is 1. The highest BCUT2D eigenvalue weighted by Crippen LogP contribution is 2.19. The number of hydrogen-bond acceptors (Lipinski definition) is 7. The van der Waals surface area contributed by atoms with Gasteiger partial charge in [-0.25, -0.2) is 0 Å². The first-order valence-corrected chi connectivity index (χ1v) is 8.62. The molecule has 27 heavy (non-hydrogen) atoms. The summed E-state index contributed by atoms with van der Waals surface area (Å²) in [6.07, 6.45) is 2.17. The van der Waals surface area contributed by atoms with Gasteiger partial charge in [-0.05, 0) is 12.1 Å². The fraction of sp³-hybridized carbons (Fsp3) is 0.389. The highest BCUT2D eigenvalue weighted by atomic mass is 16.6. The average molecular weight is 375 g/mol. The Morgan fingerprint density at radius 1 is 1.30 bits per heavy atom. The van der Waals surface area contributed by atoms with E-state index < -0.39 is 11.0 Å². The third-order valence-corrected chi connectivity index (χ3v) is 4.37. The molecule has 1 amide bonds. The minimum Gasteiger partial charge on any atom is -0.491 e.